The molecule has 0 heterocycles. The molecule has 6 nitrogen and oxygen atoms in total. The summed E-state index contributed by atoms with van der Waals surface area (Å²) in [5, 5.41) is 0. The Morgan fingerprint density at radius 3 is 0.417 bits per heavy atom. The van der Waals surface area contributed by atoms with Gasteiger partial charge >= 0.3 is 235 Å². The minimum Gasteiger partial charge on any atom is -2.00 e. The molecule has 0 aromatic heterocycles. The summed E-state index contributed by atoms with van der Waals surface area (Å²) in [6.45, 7) is 0. The van der Waals surface area contributed by atoms with E-state index in [-0.39, 0.29) is 268 Å². The fraction of sp³-hybridized carbons (Fsp3) is 0. The molecule has 0 bridgehead atoms. The second-order valence-electron chi connectivity index (χ2n) is 0. The van der Waals surface area contributed by atoms with Crippen LogP contribution in [0.25, 0.3) is 0 Å². The molecule has 0 spiro atoms. The molecule has 0 aliphatic heterocycles. The van der Waals surface area contributed by atoms with Gasteiger partial charge in [-0.15, -0.1) is 0 Å². The molecule has 0 amide bonds. The quantitative estimate of drug-likeness (QED) is 0.256. The summed E-state index contributed by atoms with van der Waals surface area (Å²) in [4.78, 5) is 0. The van der Waals surface area contributed by atoms with Crippen molar-refractivity contribution in [3.05, 3.63) is 0 Å². The van der Waals surface area contributed by atoms with Crippen LogP contribution in [0.1, 0.15) is 0 Å². The van der Waals surface area contributed by atoms with Crippen molar-refractivity contribution >= 4 is 97.8 Å². The van der Waals surface area contributed by atoms with Crippen LogP contribution in [0.2, 0.25) is 0 Å². The van der Waals surface area contributed by atoms with Crippen molar-refractivity contribution in [2.45, 2.75) is 0 Å². The van der Waals surface area contributed by atoms with E-state index in [1.54, 1.807) is 0 Å². The van der Waals surface area contributed by atoms with Crippen molar-refractivity contribution in [3.8, 4) is 0 Å². The van der Waals surface area contributed by atoms with Crippen LogP contribution < -0.4 is 103 Å². The smallest absolute Gasteiger partial charge is 2.00 e. The topological polar surface area (TPSA) is 174 Å². The molecule has 0 aliphatic rings. The molecule has 0 aliphatic carbocycles. The average molecular weight is 561 g/mol. The molecule has 0 fully saturated rings. The van der Waals surface area contributed by atoms with Crippen LogP contribution in [0.15, 0.2) is 0 Å². The minimum absolute atomic E-state index is 0. The summed E-state index contributed by atoms with van der Waals surface area (Å²) < 4.78 is 0. The van der Waals surface area contributed by atoms with E-state index in [1.165, 1.54) is 0 Å². The summed E-state index contributed by atoms with van der Waals surface area (Å²) in [6.07, 6.45) is 0. The van der Waals surface area contributed by atoms with Crippen LogP contribution in [-0.4, -0.2) is 103 Å². The predicted octanol–water partition coefficient (Wildman–Crippen LogP) is -8.18. The summed E-state index contributed by atoms with van der Waals surface area (Å²) in [7, 11) is 0. The summed E-state index contributed by atoms with van der Waals surface area (Å²) >= 11 is 0. The molecule has 2 radical (unpaired) electrons. The van der Waals surface area contributed by atoms with Gasteiger partial charge in [0.05, 0.1) is 0 Å². The Bertz CT molecular complexity index is 21.5. The zero-order valence-electron chi connectivity index (χ0n) is 6.71. The van der Waals surface area contributed by atoms with Gasteiger partial charge in [-0.25, -0.2) is 0 Å². The molecule has 0 saturated carbocycles. The van der Waals surface area contributed by atoms with Crippen molar-refractivity contribution in [2.75, 3.05) is 0 Å². The Kier molecular flexibility index (Phi) is 1060. The second-order valence-corrected chi connectivity index (χ2v) is 0. The summed E-state index contributed by atoms with van der Waals surface area (Å²) in [5.74, 6) is 0. The van der Waals surface area contributed by atoms with Gasteiger partial charge in [-0.3, -0.25) is 0 Å². The van der Waals surface area contributed by atoms with Crippen molar-refractivity contribution in [1.29, 1.82) is 0 Å². The van der Waals surface area contributed by atoms with E-state index in [4.69, 9.17) is 0 Å². The van der Waals surface area contributed by atoms with E-state index in [1.807, 2.05) is 0 Å². The molecular formula is H2Ba2K2Mn2O6. The third-order valence-electron chi connectivity index (χ3n) is 0. The Labute approximate surface area is 258 Å². The van der Waals surface area contributed by atoms with Gasteiger partial charge in [-0.2, -0.15) is 0 Å². The standard InChI is InChI=1S/2Ba.2K.2Mn.H2O.5O/h;;;;;;1H2;;;;;/q2*+2;2*+1;2*+2;;5*-2. The van der Waals surface area contributed by atoms with Crippen molar-refractivity contribution in [2.24, 2.45) is 0 Å². The molecule has 0 saturated heterocycles. The van der Waals surface area contributed by atoms with E-state index in [9.17, 15) is 0 Å². The SMILES string of the molecule is O.[Ba+2].[Ba+2].[K+].[K+].[Mn+2].[Mn+2].[O-2].[O-2].[O-2].[O-2].[O-2]. The number of rotatable bonds is 0. The van der Waals surface area contributed by atoms with Gasteiger partial charge in [-0.05, 0) is 0 Å². The molecule has 0 unspecified atom stereocenters. The predicted molar refractivity (Wildman–Crippen MR) is 18.6 cm³/mol. The number of hydrogen-bond donors (Lipinski definition) is 0. The maximum absolute atomic E-state index is 0. The largest absolute Gasteiger partial charge is 2.00 e. The van der Waals surface area contributed by atoms with Gasteiger partial charge in [0.25, 0.3) is 0 Å². The van der Waals surface area contributed by atoms with Crippen LogP contribution in [0.3, 0.4) is 0 Å². The molecular weight excluding hydrogens is 559 g/mol. The fourth-order valence-corrected chi connectivity index (χ4v) is 0. The average Bonchev–Trinajstić information content (AvgIpc) is 0. The van der Waals surface area contributed by atoms with Crippen molar-refractivity contribution in [1.82, 2.24) is 0 Å². The maximum Gasteiger partial charge on any atom is 2.00 e. The molecule has 0 aromatic rings. The zero-order valence-corrected chi connectivity index (χ0v) is 24.2. The van der Waals surface area contributed by atoms with E-state index in [0.29, 0.717) is 0 Å². The summed E-state index contributed by atoms with van der Waals surface area (Å²) in [6, 6.07) is 0. The van der Waals surface area contributed by atoms with Crippen LogP contribution in [-0.2, 0) is 61.5 Å². The van der Waals surface area contributed by atoms with Gasteiger partial charge in [-0.1, -0.05) is 0 Å². The van der Waals surface area contributed by atoms with E-state index in [2.05, 4.69) is 0 Å². The fourth-order valence-electron chi connectivity index (χ4n) is 0. The molecule has 2 N–H and O–H groups in total. The second kappa shape index (κ2) is 104. The van der Waals surface area contributed by atoms with Crippen molar-refractivity contribution in [3.63, 3.8) is 0 Å². The van der Waals surface area contributed by atoms with Gasteiger partial charge in [0.2, 0.25) is 0 Å². The van der Waals surface area contributed by atoms with Crippen LogP contribution in [0.4, 0.5) is 0 Å². The number of hydrogen-bond acceptors (Lipinski definition) is 0. The zero-order chi connectivity index (χ0) is 0. The molecule has 12 heavy (non-hydrogen) atoms. The Morgan fingerprint density at radius 1 is 0.417 bits per heavy atom. The molecule has 58 valence electrons. The monoisotopic (exact) mass is 562 g/mol. The van der Waals surface area contributed by atoms with Gasteiger partial charge < -0.3 is 32.9 Å². The van der Waals surface area contributed by atoms with Crippen molar-refractivity contribution < 1.29 is 170 Å². The first kappa shape index (κ1) is 122. The Balaban J connectivity index is 0. The first-order chi connectivity index (χ1) is 0. The summed E-state index contributed by atoms with van der Waals surface area (Å²) in [5.41, 5.74) is 0. The molecule has 12 heteroatoms. The maximum atomic E-state index is 0. The Morgan fingerprint density at radius 2 is 0.417 bits per heavy atom. The van der Waals surface area contributed by atoms with E-state index in [0.717, 1.165) is 0 Å². The normalized spacial score (nSPS) is 0. The van der Waals surface area contributed by atoms with Gasteiger partial charge in [0.1, 0.15) is 0 Å². The van der Waals surface area contributed by atoms with E-state index >= 15 is 0 Å². The molecule has 0 aromatic carbocycles. The third kappa shape index (κ3) is 87.0. The van der Waals surface area contributed by atoms with Crippen LogP contribution in [0.5, 0.6) is 0 Å². The minimum atomic E-state index is 0. The van der Waals surface area contributed by atoms with E-state index < -0.39 is 0 Å². The molecule has 0 atom stereocenters. The molecule has 0 rings (SSSR count). The third-order valence-corrected chi connectivity index (χ3v) is 0. The first-order valence-corrected chi connectivity index (χ1v) is 0. The Hall–Kier alpha value is 7.21. The van der Waals surface area contributed by atoms with Crippen LogP contribution in [0, 0.1) is 0 Å². The van der Waals surface area contributed by atoms with Crippen LogP contribution >= 0.6 is 0 Å². The van der Waals surface area contributed by atoms with Gasteiger partial charge in [0, 0.05) is 0 Å². The first-order valence-electron chi connectivity index (χ1n) is 0. The van der Waals surface area contributed by atoms with Gasteiger partial charge in [0.15, 0.2) is 0 Å².